The lowest BCUT2D eigenvalue weighted by molar-refractivity contribution is 0.480. The van der Waals surface area contributed by atoms with Gasteiger partial charge >= 0.3 is 0 Å². The number of benzene rings is 4. The van der Waals surface area contributed by atoms with Crippen molar-refractivity contribution in [2.75, 3.05) is 0 Å². The molecule has 8 bridgehead atoms. The molecule has 5 N–H and O–H groups in total. The molecule has 56 heavy (non-hydrogen) atoms. The van der Waals surface area contributed by atoms with Crippen molar-refractivity contribution >= 4 is 136 Å². The van der Waals surface area contributed by atoms with Gasteiger partial charge in [0.1, 0.15) is 64.8 Å². The molecule has 0 amide bonds. The SMILES string of the molecule is O=S(=O)(O)c1c(S(=O)(=O)Cl)c(S(=O)(=O)Cl)c(S(=O)(=O)Cl)c2c3[nH]c(c12)N=c1[nH]c(c2ccccc12)=Nc1[nH]c(c2ccccc12)N=c1[nH]c(c2ccccc12)=N3. The van der Waals surface area contributed by atoms with E-state index in [0.717, 1.165) is 0 Å². The van der Waals surface area contributed by atoms with Gasteiger partial charge < -0.3 is 19.9 Å². The zero-order chi connectivity index (χ0) is 39.7. The fraction of sp³-hybridized carbons (Fsp3) is 0. The first-order valence-electron chi connectivity index (χ1n) is 15.6. The van der Waals surface area contributed by atoms with Crippen LogP contribution in [0, 0.1) is 0 Å². The van der Waals surface area contributed by atoms with E-state index in [-0.39, 0.29) is 22.0 Å². The lowest BCUT2D eigenvalue weighted by atomic mass is 10.2. The van der Waals surface area contributed by atoms with Crippen molar-refractivity contribution < 1.29 is 38.2 Å². The molecule has 0 unspecified atom stereocenters. The van der Waals surface area contributed by atoms with Gasteiger partial charge in [-0.25, -0.2) is 45.2 Å². The number of halogens is 3. The summed E-state index contributed by atoms with van der Waals surface area (Å²) < 4.78 is 117. The highest BCUT2D eigenvalue weighted by atomic mass is 35.7. The quantitative estimate of drug-likeness (QED) is 0.120. The van der Waals surface area contributed by atoms with E-state index in [1.807, 2.05) is 24.3 Å². The summed E-state index contributed by atoms with van der Waals surface area (Å²) >= 11 is 0. The van der Waals surface area contributed by atoms with Crippen LogP contribution in [-0.2, 0) is 37.3 Å². The molecule has 1 aliphatic heterocycles. The molecule has 8 aromatic rings. The van der Waals surface area contributed by atoms with E-state index in [1.54, 1.807) is 48.5 Å². The zero-order valence-corrected chi connectivity index (χ0v) is 32.7. The maximum Gasteiger partial charge on any atom is 0.296 e. The van der Waals surface area contributed by atoms with Gasteiger partial charge in [0.15, 0.2) is 0 Å². The Morgan fingerprint density at radius 2 is 0.679 bits per heavy atom. The molecule has 24 heteroatoms. The van der Waals surface area contributed by atoms with Crippen LogP contribution in [0.2, 0.25) is 0 Å². The molecule has 5 heterocycles. The smallest absolute Gasteiger partial charge is 0.296 e. The number of rotatable bonds is 4. The van der Waals surface area contributed by atoms with Crippen molar-refractivity contribution in [1.29, 1.82) is 0 Å². The predicted octanol–water partition coefficient (Wildman–Crippen LogP) is 4.76. The third kappa shape index (κ3) is 5.72. The Kier molecular flexibility index (Phi) is 7.94. The summed E-state index contributed by atoms with van der Waals surface area (Å²) in [6.45, 7) is 0. The van der Waals surface area contributed by atoms with Gasteiger partial charge in [-0.2, -0.15) is 8.42 Å². The van der Waals surface area contributed by atoms with Gasteiger partial charge in [0.2, 0.25) is 0 Å². The van der Waals surface area contributed by atoms with Crippen molar-refractivity contribution in [2.45, 2.75) is 19.6 Å². The second-order valence-corrected chi connectivity index (χ2v) is 21.1. The van der Waals surface area contributed by atoms with Crippen LogP contribution in [0.4, 0.5) is 23.3 Å². The first-order valence-corrected chi connectivity index (χ1v) is 23.9. The average molecular weight is 892 g/mol. The molecule has 4 aromatic carbocycles. The van der Waals surface area contributed by atoms with E-state index in [1.165, 1.54) is 0 Å². The fourth-order valence-corrected chi connectivity index (χ4v) is 13.9. The molecule has 17 nitrogen and oxygen atoms in total. The number of fused-ring (bicyclic) bond motifs is 20. The molecular weight excluding hydrogens is 875 g/mol. The number of H-pyrrole nitrogens is 4. The van der Waals surface area contributed by atoms with Gasteiger partial charge in [0.25, 0.3) is 37.3 Å². The van der Waals surface area contributed by atoms with Crippen LogP contribution in [0.1, 0.15) is 0 Å². The summed E-state index contributed by atoms with van der Waals surface area (Å²) in [7, 11) is -5.37. The Balaban J connectivity index is 1.64. The van der Waals surface area contributed by atoms with Gasteiger partial charge in [-0.05, 0) is 0 Å². The summed E-state index contributed by atoms with van der Waals surface area (Å²) in [6, 6.07) is 20.7. The zero-order valence-electron chi connectivity index (χ0n) is 27.2. The highest BCUT2D eigenvalue weighted by molar-refractivity contribution is 8.18. The Bertz CT molecular complexity index is 3590. The number of nitrogens with one attached hydrogen (secondary N) is 4. The van der Waals surface area contributed by atoms with Crippen LogP contribution >= 0.6 is 32.0 Å². The van der Waals surface area contributed by atoms with E-state index in [2.05, 4.69) is 29.9 Å². The van der Waals surface area contributed by atoms with Crippen molar-refractivity contribution in [3.05, 3.63) is 94.7 Å². The highest BCUT2D eigenvalue weighted by Gasteiger charge is 2.43. The van der Waals surface area contributed by atoms with Gasteiger partial charge in [0, 0.05) is 64.4 Å². The Hall–Kier alpha value is -5.13. The molecule has 0 spiro atoms. The van der Waals surface area contributed by atoms with Crippen molar-refractivity contribution in [1.82, 2.24) is 19.9 Å². The molecule has 9 rings (SSSR count). The fourth-order valence-electron chi connectivity index (χ4n) is 6.84. The minimum absolute atomic E-state index is 0.0369. The van der Waals surface area contributed by atoms with Crippen molar-refractivity contribution in [2.24, 2.45) is 20.0 Å². The van der Waals surface area contributed by atoms with Crippen LogP contribution in [0.15, 0.2) is 112 Å². The molecular formula is C32H17Cl3N8O9S4. The highest BCUT2D eigenvalue weighted by Crippen LogP contribution is 2.50. The number of nitrogens with zero attached hydrogens (tertiary/aromatic N) is 4. The van der Waals surface area contributed by atoms with E-state index < -0.39 is 79.3 Å². The minimum atomic E-state index is -5.88. The van der Waals surface area contributed by atoms with E-state index in [0.29, 0.717) is 44.0 Å². The molecule has 0 fully saturated rings. The Labute approximate surface area is 326 Å². The number of hydrogen-bond donors (Lipinski definition) is 5. The summed E-state index contributed by atoms with van der Waals surface area (Å²) in [5.74, 6) is -0.497. The lowest BCUT2D eigenvalue weighted by Crippen LogP contribution is -2.15. The van der Waals surface area contributed by atoms with Crippen LogP contribution in [-0.4, -0.2) is 58.2 Å². The number of aromatic amines is 4. The first-order chi connectivity index (χ1) is 26.3. The first kappa shape index (κ1) is 36.5. The largest absolute Gasteiger partial charge is 0.324 e. The average Bonchev–Trinajstić information content (AvgIpc) is 3.84. The van der Waals surface area contributed by atoms with Gasteiger partial charge in [-0.1, -0.05) is 72.8 Å². The number of aromatic nitrogens is 4. The molecule has 284 valence electrons. The van der Waals surface area contributed by atoms with E-state index in [9.17, 15) is 38.2 Å². The monoisotopic (exact) mass is 890 g/mol. The summed E-state index contributed by atoms with van der Waals surface area (Å²) in [5, 5.41) is 1.23. The molecule has 4 aromatic heterocycles. The minimum Gasteiger partial charge on any atom is -0.324 e. The van der Waals surface area contributed by atoms with E-state index >= 15 is 0 Å². The predicted molar refractivity (Wildman–Crippen MR) is 205 cm³/mol. The van der Waals surface area contributed by atoms with Crippen molar-refractivity contribution in [3.8, 4) is 0 Å². The van der Waals surface area contributed by atoms with E-state index in [4.69, 9.17) is 42.0 Å². The third-order valence-electron chi connectivity index (χ3n) is 8.94. The third-order valence-corrected chi connectivity index (χ3v) is 14.3. The van der Waals surface area contributed by atoms with Crippen LogP contribution < -0.4 is 22.0 Å². The van der Waals surface area contributed by atoms with Crippen molar-refractivity contribution in [3.63, 3.8) is 0 Å². The molecule has 0 atom stereocenters. The summed E-state index contributed by atoms with van der Waals surface area (Å²) in [4.78, 5) is 24.0. The Morgan fingerprint density at radius 3 is 1.02 bits per heavy atom. The topological polar surface area (TPSA) is 269 Å². The Morgan fingerprint density at radius 1 is 0.393 bits per heavy atom. The maximum absolute atomic E-state index is 13.5. The summed E-state index contributed by atoms with van der Waals surface area (Å²) in [5.41, 5.74) is 0.388. The molecule has 0 saturated carbocycles. The van der Waals surface area contributed by atoms with Gasteiger partial charge in [0.05, 0.1) is 10.8 Å². The second kappa shape index (κ2) is 12.2. The normalized spacial score (nSPS) is 13.8. The van der Waals surface area contributed by atoms with Gasteiger partial charge in [-0.15, -0.1) is 0 Å². The van der Waals surface area contributed by atoms with Gasteiger partial charge in [-0.3, -0.25) is 4.55 Å². The molecule has 1 aliphatic rings. The standard InChI is InChI=1S/C32H17Cl3N8O9S4/c33-53(44,45)21-19-20(22(56(50,51)52)24(55(35,48)49)23(21)54(34,46)47)32-42-30-18-12-6-4-10-16(18)28(40-30)38-26-14-8-2-1-7-13(14)25(36-26)37-27-15-9-3-5-11-17(15)29(39-27)41-31(19)43-32/h1-12H,(H,50,51,52)(H4,36,37,38,39,40,41,42,43). The van der Waals surface area contributed by atoms with Crippen LogP contribution in [0.5, 0.6) is 0 Å². The van der Waals surface area contributed by atoms with Crippen LogP contribution in [0.25, 0.3) is 43.1 Å². The molecule has 0 aliphatic carbocycles. The second-order valence-electron chi connectivity index (χ2n) is 12.2. The molecule has 0 saturated heterocycles. The molecule has 0 radical (unpaired) electrons. The maximum atomic E-state index is 13.5. The number of hydrogen-bond acceptors (Lipinski definition) is 12. The lowest BCUT2D eigenvalue weighted by Gasteiger charge is -2.14. The van der Waals surface area contributed by atoms with Crippen LogP contribution in [0.3, 0.4) is 0 Å². The summed E-state index contributed by atoms with van der Waals surface area (Å²) in [6.07, 6.45) is 0.